The van der Waals surface area contributed by atoms with E-state index in [1.54, 1.807) is 0 Å². The Morgan fingerprint density at radius 3 is 2.41 bits per heavy atom. The molecule has 0 saturated carbocycles. The van der Waals surface area contributed by atoms with E-state index in [0.29, 0.717) is 5.92 Å². The van der Waals surface area contributed by atoms with Crippen molar-refractivity contribution in [3.8, 4) is 5.75 Å². The molecular formula is C20H27NO. The van der Waals surface area contributed by atoms with E-state index < -0.39 is 0 Å². The van der Waals surface area contributed by atoms with Crippen LogP contribution in [0.1, 0.15) is 44.2 Å². The van der Waals surface area contributed by atoms with Gasteiger partial charge in [-0.25, -0.2) is 0 Å². The molecule has 0 fully saturated rings. The number of anilines is 1. The van der Waals surface area contributed by atoms with Crippen LogP contribution >= 0.6 is 0 Å². The number of para-hydroxylation sites is 1. The van der Waals surface area contributed by atoms with E-state index in [0.717, 1.165) is 31.7 Å². The van der Waals surface area contributed by atoms with Crippen molar-refractivity contribution in [3.05, 3.63) is 59.7 Å². The molecule has 0 bridgehead atoms. The van der Waals surface area contributed by atoms with Crippen molar-refractivity contribution in [2.45, 2.75) is 39.5 Å². The number of nitrogens with one attached hydrogen (secondary N) is 1. The second kappa shape index (κ2) is 8.47. The Morgan fingerprint density at radius 1 is 1.00 bits per heavy atom. The van der Waals surface area contributed by atoms with Crippen LogP contribution in [-0.2, 0) is 6.42 Å². The van der Waals surface area contributed by atoms with Gasteiger partial charge in [-0.1, -0.05) is 51.1 Å². The summed E-state index contributed by atoms with van der Waals surface area (Å²) in [5.41, 5.74) is 3.96. The molecule has 0 unspecified atom stereocenters. The first kappa shape index (κ1) is 16.4. The topological polar surface area (TPSA) is 21.3 Å². The highest BCUT2D eigenvalue weighted by Crippen LogP contribution is 2.23. The highest BCUT2D eigenvalue weighted by atomic mass is 16.5. The Labute approximate surface area is 134 Å². The third kappa shape index (κ3) is 4.80. The summed E-state index contributed by atoms with van der Waals surface area (Å²) in [7, 11) is 0. The minimum Gasteiger partial charge on any atom is -0.494 e. The van der Waals surface area contributed by atoms with Crippen LogP contribution in [0.25, 0.3) is 0 Å². The van der Waals surface area contributed by atoms with E-state index in [1.165, 1.54) is 16.8 Å². The fraction of sp³-hybridized carbons (Fsp3) is 0.400. The Morgan fingerprint density at radius 2 is 1.73 bits per heavy atom. The molecule has 0 aliphatic rings. The van der Waals surface area contributed by atoms with Crippen LogP contribution in [0.3, 0.4) is 0 Å². The molecule has 0 atom stereocenters. The number of hydrogen-bond donors (Lipinski definition) is 1. The van der Waals surface area contributed by atoms with Crippen molar-refractivity contribution in [2.75, 3.05) is 18.5 Å². The molecule has 118 valence electrons. The number of hydrogen-bond acceptors (Lipinski definition) is 2. The van der Waals surface area contributed by atoms with E-state index in [9.17, 15) is 0 Å². The summed E-state index contributed by atoms with van der Waals surface area (Å²) in [6.07, 6.45) is 2.06. The van der Waals surface area contributed by atoms with Gasteiger partial charge in [-0.2, -0.15) is 0 Å². The molecule has 0 saturated heterocycles. The van der Waals surface area contributed by atoms with E-state index in [1.807, 2.05) is 0 Å². The van der Waals surface area contributed by atoms with Gasteiger partial charge in [0.25, 0.3) is 0 Å². The van der Waals surface area contributed by atoms with Crippen LogP contribution in [0, 0.1) is 0 Å². The van der Waals surface area contributed by atoms with Gasteiger partial charge in [0.1, 0.15) is 5.75 Å². The summed E-state index contributed by atoms with van der Waals surface area (Å²) >= 11 is 0. The first-order valence-electron chi connectivity index (χ1n) is 8.25. The minimum absolute atomic E-state index is 0.539. The van der Waals surface area contributed by atoms with Gasteiger partial charge in [-0.3, -0.25) is 0 Å². The molecule has 2 nitrogen and oxygen atoms in total. The maximum absolute atomic E-state index is 5.78. The van der Waals surface area contributed by atoms with Crippen LogP contribution in [0.5, 0.6) is 5.75 Å². The van der Waals surface area contributed by atoms with Crippen molar-refractivity contribution < 1.29 is 4.74 Å². The summed E-state index contributed by atoms with van der Waals surface area (Å²) in [4.78, 5) is 0. The predicted molar refractivity (Wildman–Crippen MR) is 95.0 cm³/mol. The standard InChI is InChI=1S/C20H27NO/c1-4-17-10-12-18(13-11-17)22-15-7-14-21-20-9-6-5-8-19(20)16(2)3/h5-6,8-13,16,21H,4,7,14-15H2,1-3H3. The molecule has 1 N–H and O–H groups in total. The summed E-state index contributed by atoms with van der Waals surface area (Å²) in [5, 5.41) is 3.52. The lowest BCUT2D eigenvalue weighted by Crippen LogP contribution is -2.09. The van der Waals surface area contributed by atoms with Crippen molar-refractivity contribution in [3.63, 3.8) is 0 Å². The Hall–Kier alpha value is -1.96. The monoisotopic (exact) mass is 297 g/mol. The molecule has 0 aliphatic carbocycles. The van der Waals surface area contributed by atoms with Gasteiger partial charge in [0.05, 0.1) is 6.61 Å². The SMILES string of the molecule is CCc1ccc(OCCCNc2ccccc2C(C)C)cc1. The second-order valence-corrected chi connectivity index (χ2v) is 5.87. The molecular weight excluding hydrogens is 270 g/mol. The normalized spacial score (nSPS) is 10.7. The molecule has 2 rings (SSSR count). The smallest absolute Gasteiger partial charge is 0.119 e. The largest absolute Gasteiger partial charge is 0.494 e. The molecule has 2 aromatic carbocycles. The number of rotatable bonds is 8. The number of aryl methyl sites for hydroxylation is 1. The fourth-order valence-electron chi connectivity index (χ4n) is 2.47. The van der Waals surface area contributed by atoms with Gasteiger partial charge >= 0.3 is 0 Å². The minimum atomic E-state index is 0.539. The highest BCUT2D eigenvalue weighted by Gasteiger charge is 2.04. The lowest BCUT2D eigenvalue weighted by molar-refractivity contribution is 0.315. The first-order chi connectivity index (χ1) is 10.7. The molecule has 0 spiro atoms. The van der Waals surface area contributed by atoms with Crippen molar-refractivity contribution >= 4 is 5.69 Å². The highest BCUT2D eigenvalue weighted by molar-refractivity contribution is 5.52. The maximum atomic E-state index is 5.78. The molecule has 2 heteroatoms. The lowest BCUT2D eigenvalue weighted by Gasteiger charge is -2.14. The van der Waals surface area contributed by atoms with Crippen molar-refractivity contribution in [1.29, 1.82) is 0 Å². The molecule has 22 heavy (non-hydrogen) atoms. The van der Waals surface area contributed by atoms with Gasteiger partial charge < -0.3 is 10.1 Å². The van der Waals surface area contributed by atoms with Crippen LogP contribution in [0.2, 0.25) is 0 Å². The van der Waals surface area contributed by atoms with Gasteiger partial charge in [0.15, 0.2) is 0 Å². The average Bonchev–Trinajstić information content (AvgIpc) is 2.55. The number of ether oxygens (including phenoxy) is 1. The molecule has 0 radical (unpaired) electrons. The van der Waals surface area contributed by atoms with Crippen LogP contribution in [0.15, 0.2) is 48.5 Å². The Kier molecular flexibility index (Phi) is 6.32. The fourth-order valence-corrected chi connectivity index (χ4v) is 2.47. The second-order valence-electron chi connectivity index (χ2n) is 5.87. The van der Waals surface area contributed by atoms with Crippen molar-refractivity contribution in [1.82, 2.24) is 0 Å². The van der Waals surface area contributed by atoms with Gasteiger partial charge in [-0.05, 0) is 48.1 Å². The van der Waals surface area contributed by atoms with Crippen LogP contribution in [0.4, 0.5) is 5.69 Å². The maximum Gasteiger partial charge on any atom is 0.119 e. The van der Waals surface area contributed by atoms with Crippen LogP contribution in [-0.4, -0.2) is 13.2 Å². The van der Waals surface area contributed by atoms with E-state index in [-0.39, 0.29) is 0 Å². The lowest BCUT2D eigenvalue weighted by atomic mass is 10.0. The summed E-state index contributed by atoms with van der Waals surface area (Å²) < 4.78 is 5.78. The number of benzene rings is 2. The zero-order valence-corrected chi connectivity index (χ0v) is 13.9. The summed E-state index contributed by atoms with van der Waals surface area (Å²) in [6.45, 7) is 8.28. The predicted octanol–water partition coefficient (Wildman–Crippen LogP) is 5.25. The Bertz CT molecular complexity index is 560. The van der Waals surface area contributed by atoms with E-state index in [4.69, 9.17) is 4.74 Å². The van der Waals surface area contributed by atoms with E-state index >= 15 is 0 Å². The zero-order valence-electron chi connectivity index (χ0n) is 13.9. The molecule has 0 amide bonds. The molecule has 0 heterocycles. The average molecular weight is 297 g/mol. The van der Waals surface area contributed by atoms with Gasteiger partial charge in [0, 0.05) is 12.2 Å². The van der Waals surface area contributed by atoms with Crippen LogP contribution < -0.4 is 10.1 Å². The zero-order chi connectivity index (χ0) is 15.8. The van der Waals surface area contributed by atoms with Gasteiger partial charge in [0.2, 0.25) is 0 Å². The molecule has 2 aromatic rings. The molecule has 0 aromatic heterocycles. The third-order valence-electron chi connectivity index (χ3n) is 3.82. The van der Waals surface area contributed by atoms with E-state index in [2.05, 4.69) is 74.6 Å². The molecule has 0 aliphatic heterocycles. The Balaban J connectivity index is 1.73. The third-order valence-corrected chi connectivity index (χ3v) is 3.82. The quantitative estimate of drug-likeness (QED) is 0.672. The summed E-state index contributed by atoms with van der Waals surface area (Å²) in [5.74, 6) is 1.50. The van der Waals surface area contributed by atoms with Gasteiger partial charge in [-0.15, -0.1) is 0 Å². The first-order valence-corrected chi connectivity index (χ1v) is 8.25. The summed E-state index contributed by atoms with van der Waals surface area (Å²) in [6, 6.07) is 16.9. The van der Waals surface area contributed by atoms with Crippen molar-refractivity contribution in [2.24, 2.45) is 0 Å².